The highest BCUT2D eigenvalue weighted by molar-refractivity contribution is 5.64. The van der Waals surface area contributed by atoms with Gasteiger partial charge in [-0.2, -0.15) is 4.98 Å². The van der Waals surface area contributed by atoms with E-state index in [-0.39, 0.29) is 0 Å². The SMILES string of the molecule is COc1nc(C)cc(-c2cc(C)c(OC)c(C)c2)n1. The topological polar surface area (TPSA) is 44.2 Å². The molecular formula is C15H18N2O2. The number of aromatic nitrogens is 2. The summed E-state index contributed by atoms with van der Waals surface area (Å²) in [4.78, 5) is 8.58. The van der Waals surface area contributed by atoms with Crippen molar-refractivity contribution in [3.63, 3.8) is 0 Å². The summed E-state index contributed by atoms with van der Waals surface area (Å²) >= 11 is 0. The third-order valence-corrected chi connectivity index (χ3v) is 2.98. The molecule has 100 valence electrons. The van der Waals surface area contributed by atoms with Gasteiger partial charge < -0.3 is 9.47 Å². The zero-order valence-corrected chi connectivity index (χ0v) is 11.9. The molecule has 0 saturated carbocycles. The predicted octanol–water partition coefficient (Wildman–Crippen LogP) is 3.09. The van der Waals surface area contributed by atoms with Gasteiger partial charge in [0.25, 0.3) is 0 Å². The minimum atomic E-state index is 0.390. The number of benzene rings is 1. The van der Waals surface area contributed by atoms with E-state index in [9.17, 15) is 0 Å². The van der Waals surface area contributed by atoms with Gasteiger partial charge in [-0.15, -0.1) is 0 Å². The molecule has 4 nitrogen and oxygen atoms in total. The van der Waals surface area contributed by atoms with Crippen LogP contribution in [0.25, 0.3) is 11.3 Å². The minimum Gasteiger partial charge on any atom is -0.496 e. The molecule has 2 aromatic rings. The lowest BCUT2D eigenvalue weighted by Crippen LogP contribution is -1.97. The molecular weight excluding hydrogens is 240 g/mol. The van der Waals surface area contributed by atoms with Gasteiger partial charge in [0.15, 0.2) is 0 Å². The van der Waals surface area contributed by atoms with Gasteiger partial charge in [0.05, 0.1) is 19.9 Å². The second-order valence-corrected chi connectivity index (χ2v) is 4.52. The molecule has 0 radical (unpaired) electrons. The van der Waals surface area contributed by atoms with Gasteiger partial charge in [0.2, 0.25) is 0 Å². The molecule has 2 rings (SSSR count). The van der Waals surface area contributed by atoms with Crippen LogP contribution in [0.4, 0.5) is 0 Å². The van der Waals surface area contributed by atoms with E-state index in [4.69, 9.17) is 9.47 Å². The van der Waals surface area contributed by atoms with Gasteiger partial charge in [-0.05, 0) is 50.1 Å². The second kappa shape index (κ2) is 5.26. The highest BCUT2D eigenvalue weighted by Gasteiger charge is 2.09. The number of hydrogen-bond donors (Lipinski definition) is 0. The molecule has 1 heterocycles. The summed E-state index contributed by atoms with van der Waals surface area (Å²) in [5.74, 6) is 0.918. The van der Waals surface area contributed by atoms with Crippen molar-refractivity contribution in [2.24, 2.45) is 0 Å². The maximum absolute atomic E-state index is 5.38. The van der Waals surface area contributed by atoms with Crippen LogP contribution in [0.15, 0.2) is 18.2 Å². The molecule has 0 aliphatic carbocycles. The van der Waals surface area contributed by atoms with Gasteiger partial charge in [0.1, 0.15) is 5.75 Å². The lowest BCUT2D eigenvalue weighted by molar-refractivity contribution is 0.379. The van der Waals surface area contributed by atoms with Crippen LogP contribution >= 0.6 is 0 Å². The van der Waals surface area contributed by atoms with E-state index >= 15 is 0 Å². The zero-order chi connectivity index (χ0) is 14.0. The number of rotatable bonds is 3. The fourth-order valence-corrected chi connectivity index (χ4v) is 2.20. The Morgan fingerprint density at radius 3 is 2.00 bits per heavy atom. The van der Waals surface area contributed by atoms with Gasteiger partial charge in [-0.1, -0.05) is 0 Å². The third kappa shape index (κ3) is 2.67. The fourth-order valence-electron chi connectivity index (χ4n) is 2.20. The Hall–Kier alpha value is -2.10. The number of ether oxygens (including phenoxy) is 2. The van der Waals surface area contributed by atoms with Gasteiger partial charge in [0, 0.05) is 11.3 Å². The summed E-state index contributed by atoms with van der Waals surface area (Å²) in [5.41, 5.74) is 4.96. The van der Waals surface area contributed by atoms with Crippen LogP contribution < -0.4 is 9.47 Å². The lowest BCUT2D eigenvalue weighted by atomic mass is 10.0. The molecule has 4 heteroatoms. The van der Waals surface area contributed by atoms with E-state index in [1.807, 2.05) is 26.8 Å². The summed E-state index contributed by atoms with van der Waals surface area (Å²) in [7, 11) is 3.26. The van der Waals surface area contributed by atoms with Crippen molar-refractivity contribution in [2.45, 2.75) is 20.8 Å². The first-order valence-electron chi connectivity index (χ1n) is 6.10. The summed E-state index contributed by atoms with van der Waals surface area (Å²) in [6.45, 7) is 5.98. The summed E-state index contributed by atoms with van der Waals surface area (Å²) in [5, 5.41) is 0. The second-order valence-electron chi connectivity index (χ2n) is 4.52. The molecule has 0 spiro atoms. The van der Waals surface area contributed by atoms with Crippen LogP contribution in [0.1, 0.15) is 16.8 Å². The first kappa shape index (κ1) is 13.3. The Morgan fingerprint density at radius 1 is 0.842 bits per heavy atom. The van der Waals surface area contributed by atoms with Gasteiger partial charge in [-0.3, -0.25) is 0 Å². The quantitative estimate of drug-likeness (QED) is 0.848. The average molecular weight is 258 g/mol. The van der Waals surface area contributed by atoms with Crippen LogP contribution in [0.2, 0.25) is 0 Å². The van der Waals surface area contributed by atoms with Crippen LogP contribution in [0.5, 0.6) is 11.8 Å². The van der Waals surface area contributed by atoms with Crippen molar-refractivity contribution in [2.75, 3.05) is 14.2 Å². The smallest absolute Gasteiger partial charge is 0.316 e. The normalized spacial score (nSPS) is 10.4. The van der Waals surface area contributed by atoms with Gasteiger partial charge in [-0.25, -0.2) is 4.98 Å². The number of aryl methyl sites for hydroxylation is 3. The maximum atomic E-state index is 5.38. The molecule has 1 aromatic heterocycles. The molecule has 0 N–H and O–H groups in total. The standard InChI is InChI=1S/C15H18N2O2/c1-9-6-12(7-10(2)14(9)18-4)13-8-11(3)16-15(17-13)19-5/h6-8H,1-5H3. The van der Waals surface area contributed by atoms with Crippen LogP contribution in [0, 0.1) is 20.8 Å². The van der Waals surface area contributed by atoms with E-state index < -0.39 is 0 Å². The number of nitrogens with zero attached hydrogens (tertiary/aromatic N) is 2. The Morgan fingerprint density at radius 2 is 1.47 bits per heavy atom. The highest BCUT2D eigenvalue weighted by Crippen LogP contribution is 2.29. The summed E-state index contributed by atoms with van der Waals surface area (Å²) in [6, 6.07) is 6.46. The van der Waals surface area contributed by atoms with Gasteiger partial charge >= 0.3 is 6.01 Å². The molecule has 0 saturated heterocycles. The molecule has 0 aliphatic heterocycles. The maximum Gasteiger partial charge on any atom is 0.316 e. The summed E-state index contributed by atoms with van der Waals surface area (Å²) in [6.07, 6.45) is 0. The van der Waals surface area contributed by atoms with Crippen molar-refractivity contribution in [3.8, 4) is 23.0 Å². The van der Waals surface area contributed by atoms with E-state index in [0.29, 0.717) is 6.01 Å². The van der Waals surface area contributed by atoms with E-state index in [1.165, 1.54) is 0 Å². The van der Waals surface area contributed by atoms with Crippen LogP contribution in [-0.2, 0) is 0 Å². The Balaban J connectivity index is 2.56. The van der Waals surface area contributed by atoms with E-state index in [2.05, 4.69) is 22.1 Å². The molecule has 1 aromatic carbocycles. The third-order valence-electron chi connectivity index (χ3n) is 2.98. The van der Waals surface area contributed by atoms with Crippen molar-refractivity contribution < 1.29 is 9.47 Å². The van der Waals surface area contributed by atoms with Crippen LogP contribution in [-0.4, -0.2) is 24.2 Å². The number of hydrogen-bond acceptors (Lipinski definition) is 4. The van der Waals surface area contributed by atoms with Crippen molar-refractivity contribution in [3.05, 3.63) is 35.0 Å². The predicted molar refractivity (Wildman–Crippen MR) is 74.8 cm³/mol. The zero-order valence-electron chi connectivity index (χ0n) is 11.9. The number of methoxy groups -OCH3 is 2. The fraction of sp³-hybridized carbons (Fsp3) is 0.333. The lowest BCUT2D eigenvalue weighted by Gasteiger charge is -2.11. The molecule has 0 atom stereocenters. The summed E-state index contributed by atoms with van der Waals surface area (Å²) < 4.78 is 10.5. The van der Waals surface area contributed by atoms with Crippen molar-refractivity contribution >= 4 is 0 Å². The molecule has 0 fully saturated rings. The first-order valence-corrected chi connectivity index (χ1v) is 6.10. The molecule has 0 unspecified atom stereocenters. The molecule has 0 bridgehead atoms. The van der Waals surface area contributed by atoms with Crippen molar-refractivity contribution in [1.29, 1.82) is 0 Å². The Bertz CT molecular complexity index is 586. The van der Waals surface area contributed by atoms with Crippen molar-refractivity contribution in [1.82, 2.24) is 9.97 Å². The first-order chi connectivity index (χ1) is 9.05. The largest absolute Gasteiger partial charge is 0.496 e. The average Bonchev–Trinajstić information content (AvgIpc) is 2.37. The van der Waals surface area contributed by atoms with Crippen LogP contribution in [0.3, 0.4) is 0 Å². The van der Waals surface area contributed by atoms with E-state index in [0.717, 1.165) is 33.8 Å². The molecule has 19 heavy (non-hydrogen) atoms. The Kier molecular flexibility index (Phi) is 3.69. The monoisotopic (exact) mass is 258 g/mol. The molecule has 0 aliphatic rings. The molecule has 0 amide bonds. The highest BCUT2D eigenvalue weighted by atomic mass is 16.5. The van der Waals surface area contributed by atoms with E-state index in [1.54, 1.807) is 14.2 Å². The minimum absolute atomic E-state index is 0.390. The Labute approximate surface area is 113 Å².